The Labute approximate surface area is 130 Å². The van der Waals surface area contributed by atoms with Gasteiger partial charge < -0.3 is 0 Å². The summed E-state index contributed by atoms with van der Waals surface area (Å²) in [6.07, 6.45) is 4.49. The van der Waals surface area contributed by atoms with E-state index < -0.39 is 10.0 Å². The van der Waals surface area contributed by atoms with E-state index in [2.05, 4.69) is 4.98 Å². The molecule has 0 aliphatic rings. The lowest BCUT2D eigenvalue weighted by Crippen LogP contribution is -2.13. The molecule has 0 amide bonds. The van der Waals surface area contributed by atoms with Crippen molar-refractivity contribution in [2.24, 2.45) is 0 Å². The molecule has 4 nitrogen and oxygen atoms in total. The van der Waals surface area contributed by atoms with E-state index in [1.807, 2.05) is 38.1 Å². The molecule has 0 saturated heterocycles. The summed E-state index contributed by atoms with van der Waals surface area (Å²) in [5.41, 5.74) is 3.70. The number of pyridine rings is 1. The SMILES string of the molecule is Cc1cccc(C)c1-c1cccn1S(=O)(=O)c1cccnc1. The second-order valence-corrected chi connectivity index (χ2v) is 6.96. The monoisotopic (exact) mass is 312 g/mol. The summed E-state index contributed by atoms with van der Waals surface area (Å²) in [5.74, 6) is 0. The van der Waals surface area contributed by atoms with Crippen LogP contribution in [-0.2, 0) is 10.0 Å². The predicted octanol–water partition coefficient (Wildman–Crippen LogP) is 3.40. The zero-order valence-electron chi connectivity index (χ0n) is 12.4. The molecule has 22 heavy (non-hydrogen) atoms. The Morgan fingerprint density at radius 3 is 2.32 bits per heavy atom. The number of hydrogen-bond donors (Lipinski definition) is 0. The van der Waals surface area contributed by atoms with Crippen LogP contribution >= 0.6 is 0 Å². The van der Waals surface area contributed by atoms with Gasteiger partial charge in [-0.25, -0.2) is 12.4 Å². The minimum absolute atomic E-state index is 0.179. The summed E-state index contributed by atoms with van der Waals surface area (Å²) >= 11 is 0. The van der Waals surface area contributed by atoms with Crippen molar-refractivity contribution in [2.45, 2.75) is 18.7 Å². The minimum Gasteiger partial charge on any atom is -0.263 e. The third kappa shape index (κ3) is 2.33. The lowest BCUT2D eigenvalue weighted by Gasteiger charge is -2.14. The van der Waals surface area contributed by atoms with Gasteiger partial charge in [0.05, 0.1) is 5.69 Å². The van der Waals surface area contributed by atoms with Crippen molar-refractivity contribution >= 4 is 10.0 Å². The zero-order valence-corrected chi connectivity index (χ0v) is 13.2. The standard InChI is InChI=1S/C17H16N2O2S/c1-13-6-3-7-14(2)17(13)16-9-5-11-19(16)22(20,21)15-8-4-10-18-12-15/h3-12H,1-2H3. The smallest absolute Gasteiger partial charge is 0.263 e. The number of hydrogen-bond acceptors (Lipinski definition) is 3. The van der Waals surface area contributed by atoms with Crippen LogP contribution in [0.25, 0.3) is 11.3 Å². The molecule has 0 bridgehead atoms. The lowest BCUT2D eigenvalue weighted by atomic mass is 10.0. The second-order valence-electron chi connectivity index (χ2n) is 5.15. The van der Waals surface area contributed by atoms with Gasteiger partial charge in [0.1, 0.15) is 4.90 Å². The molecule has 0 aliphatic heterocycles. The fourth-order valence-corrected chi connectivity index (χ4v) is 3.91. The van der Waals surface area contributed by atoms with Gasteiger partial charge in [-0.2, -0.15) is 0 Å². The quantitative estimate of drug-likeness (QED) is 0.745. The first-order valence-electron chi connectivity index (χ1n) is 6.91. The number of nitrogens with zero attached hydrogens (tertiary/aromatic N) is 2. The van der Waals surface area contributed by atoms with Crippen molar-refractivity contribution in [1.29, 1.82) is 0 Å². The second kappa shape index (κ2) is 5.42. The van der Waals surface area contributed by atoms with Gasteiger partial charge in [0, 0.05) is 24.2 Å². The van der Waals surface area contributed by atoms with E-state index in [0.717, 1.165) is 16.7 Å². The van der Waals surface area contributed by atoms with Crippen LogP contribution in [0, 0.1) is 13.8 Å². The van der Waals surface area contributed by atoms with Gasteiger partial charge in [-0.3, -0.25) is 4.98 Å². The largest absolute Gasteiger partial charge is 0.269 e. The average molecular weight is 312 g/mol. The average Bonchev–Trinajstić information content (AvgIpc) is 2.98. The third-order valence-electron chi connectivity index (χ3n) is 3.64. The highest BCUT2D eigenvalue weighted by Crippen LogP contribution is 2.30. The van der Waals surface area contributed by atoms with Crippen molar-refractivity contribution < 1.29 is 8.42 Å². The molecule has 2 heterocycles. The molecule has 0 radical (unpaired) electrons. The molecule has 2 aromatic heterocycles. The summed E-state index contributed by atoms with van der Waals surface area (Å²) in [6.45, 7) is 3.97. The third-order valence-corrected chi connectivity index (χ3v) is 5.31. The van der Waals surface area contributed by atoms with Crippen molar-refractivity contribution in [2.75, 3.05) is 0 Å². The molecule has 0 aliphatic carbocycles. The Hall–Kier alpha value is -2.40. The van der Waals surface area contributed by atoms with E-state index in [-0.39, 0.29) is 4.90 Å². The summed E-state index contributed by atoms with van der Waals surface area (Å²) in [5, 5.41) is 0. The molecule has 0 fully saturated rings. The van der Waals surface area contributed by atoms with Crippen molar-refractivity contribution in [3.05, 3.63) is 72.2 Å². The maximum absolute atomic E-state index is 12.8. The molecule has 0 spiro atoms. The predicted molar refractivity (Wildman–Crippen MR) is 86.2 cm³/mol. The number of rotatable bonds is 3. The fourth-order valence-electron chi connectivity index (χ4n) is 2.60. The Morgan fingerprint density at radius 2 is 1.68 bits per heavy atom. The Bertz CT molecular complexity index is 893. The topological polar surface area (TPSA) is 52.0 Å². The van der Waals surface area contributed by atoms with E-state index in [1.54, 1.807) is 30.6 Å². The van der Waals surface area contributed by atoms with Gasteiger partial charge in [-0.05, 0) is 49.2 Å². The molecule has 3 rings (SSSR count). The molecular formula is C17H16N2O2S. The van der Waals surface area contributed by atoms with E-state index in [4.69, 9.17) is 0 Å². The van der Waals surface area contributed by atoms with Crippen LogP contribution in [0.1, 0.15) is 11.1 Å². The first kappa shape index (κ1) is 14.5. The molecule has 1 aromatic carbocycles. The Kier molecular flexibility index (Phi) is 3.58. The summed E-state index contributed by atoms with van der Waals surface area (Å²) in [6, 6.07) is 12.7. The molecule has 0 saturated carbocycles. The molecule has 5 heteroatoms. The summed E-state index contributed by atoms with van der Waals surface area (Å²) in [7, 11) is -3.65. The van der Waals surface area contributed by atoms with Gasteiger partial charge in [-0.15, -0.1) is 0 Å². The van der Waals surface area contributed by atoms with E-state index in [1.165, 1.54) is 10.2 Å². The lowest BCUT2D eigenvalue weighted by molar-refractivity contribution is 0.587. The van der Waals surface area contributed by atoms with Crippen LogP contribution in [0.4, 0.5) is 0 Å². The van der Waals surface area contributed by atoms with Gasteiger partial charge in [-0.1, -0.05) is 18.2 Å². The highest BCUT2D eigenvalue weighted by atomic mass is 32.2. The summed E-state index contributed by atoms with van der Waals surface area (Å²) in [4.78, 5) is 4.09. The highest BCUT2D eigenvalue weighted by molar-refractivity contribution is 7.90. The van der Waals surface area contributed by atoms with Gasteiger partial charge in [0.25, 0.3) is 10.0 Å². The normalized spacial score (nSPS) is 11.5. The molecule has 0 N–H and O–H groups in total. The van der Waals surface area contributed by atoms with Crippen LogP contribution in [0.3, 0.4) is 0 Å². The molecular weight excluding hydrogens is 296 g/mol. The van der Waals surface area contributed by atoms with E-state index in [0.29, 0.717) is 5.69 Å². The van der Waals surface area contributed by atoms with Crippen LogP contribution in [0.2, 0.25) is 0 Å². The first-order chi connectivity index (χ1) is 10.5. The number of aryl methyl sites for hydroxylation is 2. The molecule has 112 valence electrons. The molecule has 0 unspecified atom stereocenters. The maximum atomic E-state index is 12.8. The Morgan fingerprint density at radius 1 is 0.955 bits per heavy atom. The van der Waals surface area contributed by atoms with Crippen molar-refractivity contribution in [3.8, 4) is 11.3 Å². The Balaban J connectivity index is 2.23. The van der Waals surface area contributed by atoms with Crippen LogP contribution < -0.4 is 0 Å². The van der Waals surface area contributed by atoms with E-state index in [9.17, 15) is 8.42 Å². The van der Waals surface area contributed by atoms with Crippen LogP contribution in [0.5, 0.6) is 0 Å². The van der Waals surface area contributed by atoms with Gasteiger partial charge in [0.2, 0.25) is 0 Å². The van der Waals surface area contributed by atoms with Crippen molar-refractivity contribution in [3.63, 3.8) is 0 Å². The maximum Gasteiger partial charge on any atom is 0.269 e. The first-order valence-corrected chi connectivity index (χ1v) is 8.35. The number of benzene rings is 1. The summed E-state index contributed by atoms with van der Waals surface area (Å²) < 4.78 is 27.0. The molecule has 0 atom stereocenters. The van der Waals surface area contributed by atoms with E-state index >= 15 is 0 Å². The minimum atomic E-state index is -3.65. The number of aromatic nitrogens is 2. The highest BCUT2D eigenvalue weighted by Gasteiger charge is 2.21. The fraction of sp³-hybridized carbons (Fsp3) is 0.118. The van der Waals surface area contributed by atoms with Crippen LogP contribution in [-0.4, -0.2) is 17.4 Å². The zero-order chi connectivity index (χ0) is 15.7. The van der Waals surface area contributed by atoms with Gasteiger partial charge >= 0.3 is 0 Å². The molecule has 3 aromatic rings. The van der Waals surface area contributed by atoms with Crippen molar-refractivity contribution in [1.82, 2.24) is 8.96 Å². The van der Waals surface area contributed by atoms with Gasteiger partial charge in [0.15, 0.2) is 0 Å². The van der Waals surface area contributed by atoms with Crippen LogP contribution in [0.15, 0.2) is 66.0 Å².